The second kappa shape index (κ2) is 10.5. The average molecular weight is 503 g/mol. The zero-order chi connectivity index (χ0) is 25.5. The molecular formula is C32H51ClO2. The van der Waals surface area contributed by atoms with Gasteiger partial charge in [-0.05, 0) is 105 Å². The van der Waals surface area contributed by atoms with Crippen LogP contribution in [0.2, 0.25) is 0 Å². The Labute approximate surface area is 220 Å². The lowest BCUT2D eigenvalue weighted by Crippen LogP contribution is -2.51. The topological polar surface area (TPSA) is 26.3 Å². The van der Waals surface area contributed by atoms with Crippen molar-refractivity contribution in [2.75, 3.05) is 0 Å². The lowest BCUT2D eigenvalue weighted by atomic mass is 9.47. The zero-order valence-electron chi connectivity index (χ0n) is 23.6. The van der Waals surface area contributed by atoms with E-state index in [2.05, 4.69) is 40.7 Å². The molecule has 3 heteroatoms. The van der Waals surface area contributed by atoms with Crippen LogP contribution in [0.25, 0.3) is 0 Å². The SMILES string of the molecule is C/C(Cl)=C(/C)C(=O)O[C@H]1CC[C@@]2(C)C(=CC[C@@H]3[C@H]4CC[C@H]([C@H](C)CCCC(C)C)[C@@]4(C)CC[C@@H]32)C1. The van der Waals surface area contributed by atoms with Crippen LogP contribution >= 0.6 is 11.6 Å². The van der Waals surface area contributed by atoms with Crippen molar-refractivity contribution in [1.82, 2.24) is 0 Å². The number of esters is 1. The van der Waals surface area contributed by atoms with E-state index in [0.717, 1.165) is 54.8 Å². The summed E-state index contributed by atoms with van der Waals surface area (Å²) in [5.41, 5.74) is 2.95. The van der Waals surface area contributed by atoms with Crippen LogP contribution < -0.4 is 0 Å². The Bertz CT molecular complexity index is 852. The van der Waals surface area contributed by atoms with Crippen LogP contribution in [0.5, 0.6) is 0 Å². The summed E-state index contributed by atoms with van der Waals surface area (Å²) >= 11 is 6.04. The van der Waals surface area contributed by atoms with Gasteiger partial charge >= 0.3 is 5.97 Å². The summed E-state index contributed by atoms with van der Waals surface area (Å²) in [6.45, 7) is 16.0. The minimum atomic E-state index is -0.242. The summed E-state index contributed by atoms with van der Waals surface area (Å²) in [7, 11) is 0. The van der Waals surface area contributed by atoms with Gasteiger partial charge in [0.2, 0.25) is 0 Å². The maximum Gasteiger partial charge on any atom is 0.335 e. The fourth-order valence-corrected chi connectivity index (χ4v) is 9.21. The molecule has 0 N–H and O–H groups in total. The first-order valence-electron chi connectivity index (χ1n) is 14.7. The Morgan fingerprint density at radius 1 is 1.06 bits per heavy atom. The van der Waals surface area contributed by atoms with Crippen molar-refractivity contribution < 1.29 is 9.53 Å². The normalized spacial score (nSPS) is 40.3. The molecule has 0 aromatic rings. The Morgan fingerprint density at radius 2 is 1.80 bits per heavy atom. The highest BCUT2D eigenvalue weighted by Crippen LogP contribution is 2.67. The molecule has 0 bridgehead atoms. The molecule has 4 aliphatic carbocycles. The van der Waals surface area contributed by atoms with Crippen molar-refractivity contribution in [3.05, 3.63) is 22.3 Å². The average Bonchev–Trinajstić information content (AvgIpc) is 3.15. The molecule has 3 saturated carbocycles. The smallest absolute Gasteiger partial charge is 0.335 e. The molecule has 0 radical (unpaired) electrons. The zero-order valence-corrected chi connectivity index (χ0v) is 24.3. The number of hydrogen-bond donors (Lipinski definition) is 0. The summed E-state index contributed by atoms with van der Waals surface area (Å²) < 4.78 is 5.90. The molecule has 35 heavy (non-hydrogen) atoms. The van der Waals surface area contributed by atoms with Crippen molar-refractivity contribution in [2.45, 2.75) is 125 Å². The molecule has 4 rings (SSSR count). The third-order valence-electron chi connectivity index (χ3n) is 11.4. The number of rotatable bonds is 7. The quantitative estimate of drug-likeness (QED) is 0.197. The van der Waals surface area contributed by atoms with Gasteiger partial charge in [0.05, 0.1) is 0 Å². The van der Waals surface area contributed by atoms with Gasteiger partial charge in [0.25, 0.3) is 0 Å². The van der Waals surface area contributed by atoms with Crippen LogP contribution in [0.1, 0.15) is 119 Å². The number of halogens is 1. The molecule has 0 aliphatic heterocycles. The van der Waals surface area contributed by atoms with Crippen molar-refractivity contribution in [3.63, 3.8) is 0 Å². The predicted molar refractivity (Wildman–Crippen MR) is 147 cm³/mol. The van der Waals surface area contributed by atoms with E-state index in [1.165, 1.54) is 51.4 Å². The number of carbonyl (C=O) groups is 1. The first-order valence-corrected chi connectivity index (χ1v) is 15.1. The van der Waals surface area contributed by atoms with E-state index < -0.39 is 0 Å². The molecule has 8 atom stereocenters. The summed E-state index contributed by atoms with van der Waals surface area (Å²) in [4.78, 5) is 12.5. The first-order chi connectivity index (χ1) is 16.5. The minimum Gasteiger partial charge on any atom is -0.459 e. The second-order valence-corrected chi connectivity index (χ2v) is 14.3. The standard InChI is InChI=1S/C32H51ClO2/c1-20(2)9-8-10-21(3)27-13-14-28-26-12-11-24-19-25(35-30(34)22(4)23(5)33)15-17-31(24,6)29(26)16-18-32(27,28)7/h11,20-21,25-29H,8-10,12-19H2,1-7H3/b23-22+/t21-,25+,26-,27-,28-,29+,31+,32-/m1/s1. The fraction of sp³-hybridized carbons (Fsp3) is 0.844. The van der Waals surface area contributed by atoms with Gasteiger partial charge in [-0.15, -0.1) is 0 Å². The lowest BCUT2D eigenvalue weighted by molar-refractivity contribution is -0.146. The Kier molecular flexibility index (Phi) is 8.22. The number of allylic oxidation sites excluding steroid dienone is 2. The van der Waals surface area contributed by atoms with E-state index in [9.17, 15) is 4.79 Å². The lowest BCUT2D eigenvalue weighted by Gasteiger charge is -2.58. The van der Waals surface area contributed by atoms with Crippen molar-refractivity contribution in [1.29, 1.82) is 0 Å². The maximum atomic E-state index is 12.5. The van der Waals surface area contributed by atoms with Crippen molar-refractivity contribution in [3.8, 4) is 0 Å². The molecule has 0 saturated heterocycles. The molecule has 0 unspecified atom stereocenters. The molecular weight excluding hydrogens is 452 g/mol. The van der Waals surface area contributed by atoms with Gasteiger partial charge < -0.3 is 4.74 Å². The largest absolute Gasteiger partial charge is 0.459 e. The Balaban J connectivity index is 1.44. The maximum absolute atomic E-state index is 12.5. The third kappa shape index (κ3) is 5.17. The van der Waals surface area contributed by atoms with Gasteiger partial charge in [0.1, 0.15) is 6.10 Å². The third-order valence-corrected chi connectivity index (χ3v) is 11.6. The van der Waals surface area contributed by atoms with Crippen molar-refractivity contribution in [2.24, 2.45) is 46.3 Å². The van der Waals surface area contributed by atoms with Gasteiger partial charge in [-0.1, -0.05) is 77.1 Å². The number of fused-ring (bicyclic) bond motifs is 5. The summed E-state index contributed by atoms with van der Waals surface area (Å²) in [5.74, 6) is 4.91. The first kappa shape index (κ1) is 27.3. The molecule has 2 nitrogen and oxygen atoms in total. The van der Waals surface area contributed by atoms with Crippen molar-refractivity contribution >= 4 is 17.6 Å². The van der Waals surface area contributed by atoms with Crippen LogP contribution in [0.4, 0.5) is 0 Å². The van der Waals surface area contributed by atoms with Crippen LogP contribution in [0.15, 0.2) is 22.3 Å². The highest BCUT2D eigenvalue weighted by Gasteiger charge is 2.59. The Hall–Kier alpha value is -0.760. The highest BCUT2D eigenvalue weighted by atomic mass is 35.5. The number of hydrogen-bond acceptors (Lipinski definition) is 2. The van der Waals surface area contributed by atoms with Crippen LogP contribution in [0, 0.1) is 46.3 Å². The fourth-order valence-electron chi connectivity index (χ4n) is 9.13. The van der Waals surface area contributed by atoms with E-state index in [1.54, 1.807) is 19.4 Å². The molecule has 198 valence electrons. The second-order valence-electron chi connectivity index (χ2n) is 13.7. The van der Waals surface area contributed by atoms with Gasteiger partial charge in [-0.25, -0.2) is 4.79 Å². The molecule has 0 amide bonds. The molecule has 4 aliphatic rings. The molecule has 0 heterocycles. The van der Waals surface area contributed by atoms with E-state index in [-0.39, 0.29) is 12.1 Å². The van der Waals surface area contributed by atoms with Gasteiger partial charge in [-0.3, -0.25) is 0 Å². The van der Waals surface area contributed by atoms with Gasteiger partial charge in [-0.2, -0.15) is 0 Å². The van der Waals surface area contributed by atoms with Gasteiger partial charge in [0.15, 0.2) is 0 Å². The predicted octanol–water partition coefficient (Wildman–Crippen LogP) is 9.47. The summed E-state index contributed by atoms with van der Waals surface area (Å²) in [6.07, 6.45) is 16.8. The van der Waals surface area contributed by atoms with E-state index in [4.69, 9.17) is 16.3 Å². The number of carbonyl (C=O) groups excluding carboxylic acids is 1. The molecule has 3 fully saturated rings. The van der Waals surface area contributed by atoms with Crippen LogP contribution in [0.3, 0.4) is 0 Å². The van der Waals surface area contributed by atoms with E-state index in [1.807, 2.05) is 0 Å². The molecule has 0 spiro atoms. The minimum absolute atomic E-state index is 0.000692. The molecule has 0 aromatic heterocycles. The molecule has 0 aromatic carbocycles. The monoisotopic (exact) mass is 502 g/mol. The van der Waals surface area contributed by atoms with Crippen LogP contribution in [-0.4, -0.2) is 12.1 Å². The van der Waals surface area contributed by atoms with E-state index >= 15 is 0 Å². The highest BCUT2D eigenvalue weighted by molar-refractivity contribution is 6.31. The summed E-state index contributed by atoms with van der Waals surface area (Å²) in [6, 6.07) is 0. The van der Waals surface area contributed by atoms with E-state index in [0.29, 0.717) is 21.4 Å². The van der Waals surface area contributed by atoms with Crippen LogP contribution in [-0.2, 0) is 9.53 Å². The number of ether oxygens (including phenoxy) is 1. The Morgan fingerprint density at radius 3 is 2.49 bits per heavy atom. The summed E-state index contributed by atoms with van der Waals surface area (Å²) in [5, 5.41) is 0.532. The van der Waals surface area contributed by atoms with Gasteiger partial charge in [0, 0.05) is 17.0 Å².